The number of imidazole rings is 1. The van der Waals surface area contributed by atoms with Gasteiger partial charge in [0.25, 0.3) is 0 Å². The first-order valence-corrected chi connectivity index (χ1v) is 11.6. The maximum Gasteiger partial charge on any atom is 0.326 e. The zero-order valence-electron chi connectivity index (χ0n) is 20.0. The number of likely N-dealkylation sites (tertiary alicyclic amines) is 1. The van der Waals surface area contributed by atoms with Crippen molar-refractivity contribution in [3.8, 4) is 0 Å². The number of aliphatic carboxylic acids is 1. The predicted molar refractivity (Wildman–Crippen MR) is 124 cm³/mol. The number of hydrogen-bond donors (Lipinski definition) is 6. The fourth-order valence-corrected chi connectivity index (χ4v) is 3.99. The fraction of sp³-hybridized carbons (Fsp3) is 0.636. The average molecular weight is 494 g/mol. The number of nitrogens with two attached hydrogens (primary N) is 2. The number of primary amides is 1. The molecule has 0 aromatic carbocycles. The third-order valence-electron chi connectivity index (χ3n) is 5.79. The second-order valence-electron chi connectivity index (χ2n) is 9.17. The number of carbonyl (C=O) groups excluding carboxylic acids is 4. The fourth-order valence-electron chi connectivity index (χ4n) is 3.99. The SMILES string of the molecule is CC(C)CC(NC(=O)C1CCCN1C(=O)C(Cc1cnc[nH]1)NC(=O)C(N)CCC(N)=O)C(=O)O. The number of nitrogens with zero attached hydrogens (tertiary/aromatic N) is 2. The van der Waals surface area contributed by atoms with Crippen LogP contribution in [0.2, 0.25) is 0 Å². The highest BCUT2D eigenvalue weighted by Crippen LogP contribution is 2.20. The van der Waals surface area contributed by atoms with Gasteiger partial charge in [0.15, 0.2) is 0 Å². The van der Waals surface area contributed by atoms with Crippen molar-refractivity contribution in [2.24, 2.45) is 17.4 Å². The van der Waals surface area contributed by atoms with E-state index >= 15 is 0 Å². The van der Waals surface area contributed by atoms with Crippen molar-refractivity contribution in [1.82, 2.24) is 25.5 Å². The molecule has 1 fully saturated rings. The van der Waals surface area contributed by atoms with E-state index in [4.69, 9.17) is 11.5 Å². The molecule has 0 aliphatic carbocycles. The Morgan fingerprint density at radius 1 is 1.23 bits per heavy atom. The van der Waals surface area contributed by atoms with Crippen molar-refractivity contribution < 1.29 is 29.1 Å². The summed E-state index contributed by atoms with van der Waals surface area (Å²) >= 11 is 0. The van der Waals surface area contributed by atoms with E-state index in [0.29, 0.717) is 18.5 Å². The zero-order chi connectivity index (χ0) is 26.1. The maximum absolute atomic E-state index is 13.5. The van der Waals surface area contributed by atoms with Gasteiger partial charge < -0.3 is 37.1 Å². The monoisotopic (exact) mass is 493 g/mol. The molecule has 35 heavy (non-hydrogen) atoms. The second-order valence-corrected chi connectivity index (χ2v) is 9.17. The summed E-state index contributed by atoms with van der Waals surface area (Å²) < 4.78 is 0. The standard InChI is InChI=1S/C22H35N7O6/c1-12(2)8-16(22(34)35)28-20(32)17-4-3-7-29(17)21(33)15(9-13-10-25-11-26-13)27-19(31)14(23)5-6-18(24)30/h10-12,14-17H,3-9,23H2,1-2H3,(H2,24,30)(H,25,26)(H,27,31)(H,28,32)(H,34,35). The molecule has 1 saturated heterocycles. The van der Waals surface area contributed by atoms with E-state index in [9.17, 15) is 29.1 Å². The van der Waals surface area contributed by atoms with Gasteiger partial charge in [0.1, 0.15) is 18.1 Å². The van der Waals surface area contributed by atoms with E-state index in [1.165, 1.54) is 17.4 Å². The van der Waals surface area contributed by atoms with Crippen molar-refractivity contribution in [2.75, 3.05) is 6.54 Å². The van der Waals surface area contributed by atoms with Gasteiger partial charge in [-0.3, -0.25) is 19.2 Å². The molecule has 4 unspecified atom stereocenters. The molecule has 1 aromatic heterocycles. The van der Waals surface area contributed by atoms with Crippen LogP contribution in [-0.2, 0) is 30.4 Å². The lowest BCUT2D eigenvalue weighted by Gasteiger charge is -2.30. The number of hydrogen-bond acceptors (Lipinski definition) is 7. The summed E-state index contributed by atoms with van der Waals surface area (Å²) in [4.78, 5) is 69.8. The number of carboxylic acids is 1. The zero-order valence-corrected chi connectivity index (χ0v) is 20.0. The van der Waals surface area contributed by atoms with E-state index in [1.807, 2.05) is 13.8 Å². The van der Waals surface area contributed by atoms with Gasteiger partial charge in [-0.1, -0.05) is 13.8 Å². The normalized spacial score (nSPS) is 18.1. The lowest BCUT2D eigenvalue weighted by Crippen LogP contribution is -2.57. The highest BCUT2D eigenvalue weighted by Gasteiger charge is 2.39. The molecule has 1 aromatic rings. The Bertz CT molecular complexity index is 904. The molecule has 8 N–H and O–H groups in total. The van der Waals surface area contributed by atoms with E-state index < -0.39 is 53.8 Å². The largest absolute Gasteiger partial charge is 0.480 e. The molecule has 0 spiro atoms. The molecular formula is C22H35N7O6. The first kappa shape index (κ1) is 27.8. The molecule has 2 rings (SSSR count). The van der Waals surface area contributed by atoms with E-state index in [0.717, 1.165) is 0 Å². The van der Waals surface area contributed by atoms with Crippen LogP contribution in [0.3, 0.4) is 0 Å². The third-order valence-corrected chi connectivity index (χ3v) is 5.79. The number of aromatic amines is 1. The van der Waals surface area contributed by atoms with Gasteiger partial charge in [0.05, 0.1) is 12.4 Å². The molecule has 0 saturated carbocycles. The lowest BCUT2D eigenvalue weighted by molar-refractivity contribution is -0.145. The highest BCUT2D eigenvalue weighted by molar-refractivity contribution is 5.94. The molecule has 0 bridgehead atoms. The van der Waals surface area contributed by atoms with Crippen LogP contribution in [0.25, 0.3) is 0 Å². The number of rotatable bonds is 13. The van der Waals surface area contributed by atoms with Gasteiger partial charge >= 0.3 is 5.97 Å². The van der Waals surface area contributed by atoms with Crippen molar-refractivity contribution in [2.45, 2.75) is 76.5 Å². The first-order valence-electron chi connectivity index (χ1n) is 11.6. The van der Waals surface area contributed by atoms with Crippen LogP contribution in [0.5, 0.6) is 0 Å². The molecule has 194 valence electrons. The number of amides is 4. The van der Waals surface area contributed by atoms with Gasteiger partial charge in [-0.2, -0.15) is 0 Å². The molecule has 13 heteroatoms. The summed E-state index contributed by atoms with van der Waals surface area (Å²) in [6, 6.07) is -4.03. The number of carboxylic acid groups (broad SMARTS) is 1. The Morgan fingerprint density at radius 2 is 1.94 bits per heavy atom. The van der Waals surface area contributed by atoms with Crippen LogP contribution >= 0.6 is 0 Å². The number of aromatic nitrogens is 2. The Kier molecular flexibility index (Phi) is 10.2. The van der Waals surface area contributed by atoms with Crippen molar-refractivity contribution in [1.29, 1.82) is 0 Å². The molecule has 4 amide bonds. The van der Waals surface area contributed by atoms with Gasteiger partial charge in [-0.05, 0) is 31.6 Å². The van der Waals surface area contributed by atoms with Gasteiger partial charge in [0, 0.05) is 31.3 Å². The smallest absolute Gasteiger partial charge is 0.326 e. The first-order chi connectivity index (χ1) is 16.5. The number of carbonyl (C=O) groups is 5. The van der Waals surface area contributed by atoms with Crippen molar-refractivity contribution in [3.05, 3.63) is 18.2 Å². The van der Waals surface area contributed by atoms with E-state index in [2.05, 4.69) is 20.6 Å². The minimum absolute atomic E-state index is 0.0211. The van der Waals surface area contributed by atoms with Crippen LogP contribution in [0.1, 0.15) is 51.6 Å². The number of H-pyrrole nitrogens is 1. The Balaban J connectivity index is 2.15. The molecular weight excluding hydrogens is 458 g/mol. The minimum Gasteiger partial charge on any atom is -0.480 e. The molecule has 13 nitrogen and oxygen atoms in total. The molecule has 2 heterocycles. The average Bonchev–Trinajstić information content (AvgIpc) is 3.47. The van der Waals surface area contributed by atoms with Crippen LogP contribution in [0.4, 0.5) is 0 Å². The topological polar surface area (TPSA) is 214 Å². The van der Waals surface area contributed by atoms with Gasteiger partial charge in [-0.25, -0.2) is 9.78 Å². The van der Waals surface area contributed by atoms with Crippen LogP contribution in [0, 0.1) is 5.92 Å². The minimum atomic E-state index is -1.14. The van der Waals surface area contributed by atoms with Crippen LogP contribution in [0.15, 0.2) is 12.5 Å². The summed E-state index contributed by atoms with van der Waals surface area (Å²) in [6.45, 7) is 3.98. The molecule has 1 aliphatic heterocycles. The highest BCUT2D eigenvalue weighted by atomic mass is 16.4. The van der Waals surface area contributed by atoms with Gasteiger partial charge in [-0.15, -0.1) is 0 Å². The van der Waals surface area contributed by atoms with Crippen LogP contribution < -0.4 is 22.1 Å². The predicted octanol–water partition coefficient (Wildman–Crippen LogP) is -1.36. The van der Waals surface area contributed by atoms with Crippen molar-refractivity contribution >= 4 is 29.6 Å². The summed E-state index contributed by atoms with van der Waals surface area (Å²) in [5.74, 6) is -3.37. The Labute approximate surface area is 203 Å². The van der Waals surface area contributed by atoms with Crippen molar-refractivity contribution in [3.63, 3.8) is 0 Å². The molecule has 0 radical (unpaired) electrons. The maximum atomic E-state index is 13.5. The molecule has 1 aliphatic rings. The lowest BCUT2D eigenvalue weighted by atomic mass is 10.0. The quantitative estimate of drug-likeness (QED) is 0.192. The Morgan fingerprint density at radius 3 is 2.51 bits per heavy atom. The summed E-state index contributed by atoms with van der Waals surface area (Å²) in [7, 11) is 0. The van der Waals surface area contributed by atoms with E-state index in [-0.39, 0.29) is 38.1 Å². The summed E-state index contributed by atoms with van der Waals surface area (Å²) in [6.07, 6.45) is 4.13. The van der Waals surface area contributed by atoms with Gasteiger partial charge in [0.2, 0.25) is 23.6 Å². The van der Waals surface area contributed by atoms with Crippen LogP contribution in [-0.4, -0.2) is 80.3 Å². The number of nitrogens with one attached hydrogen (secondary N) is 3. The van der Waals surface area contributed by atoms with E-state index in [1.54, 1.807) is 0 Å². The summed E-state index contributed by atoms with van der Waals surface area (Å²) in [5.41, 5.74) is 11.5. The second kappa shape index (κ2) is 12.8. The Hall–Kier alpha value is -3.48. The molecule has 4 atom stereocenters. The summed E-state index contributed by atoms with van der Waals surface area (Å²) in [5, 5.41) is 14.6. The third kappa shape index (κ3) is 8.35.